The molecular weight excluding hydrogens is 857 g/mol. The lowest BCUT2D eigenvalue weighted by Gasteiger charge is -2.36. The van der Waals surface area contributed by atoms with Crippen LogP contribution in [-0.2, 0) is 19.1 Å². The Morgan fingerprint density at radius 1 is 0.632 bits per heavy atom. The van der Waals surface area contributed by atoms with Crippen molar-refractivity contribution in [3.05, 3.63) is 144 Å². The zero-order chi connectivity index (χ0) is 46.4. The van der Waals surface area contributed by atoms with Gasteiger partial charge < -0.3 is 39.9 Å². The lowest BCUT2D eigenvalue weighted by atomic mass is 9.96. The van der Waals surface area contributed by atoms with E-state index in [0.717, 1.165) is 92.1 Å². The van der Waals surface area contributed by atoms with E-state index in [0.29, 0.717) is 23.0 Å². The molecular formula is C54H50N8O6. The second kappa shape index (κ2) is 16.2. The van der Waals surface area contributed by atoms with Crippen molar-refractivity contribution < 1.29 is 28.7 Å². The standard InChI is InChI=1S/C54H50N8O6/c1-28-39-27-42(62(47(28)39)52(64)44(60-54(66)68-3)30-12-8-5-9-13-30)49-55-40-22-17-33-24-31(15-20-37(33)45(40)57-49)32-16-21-38-34(25-32)18-23-41-46(38)58-50(56-41)48-35-14-19-36(26-35)61(48)51(63)43(59-53(65)67-2)29-10-6-4-7-11-29/h4-13,15-18,20-25,28,35-36,39,42-44,47-48H,14,19,26-27H2,1-3H3,(H,55,57)(H,56,58)(H,59,65)(H,60,66)/t28?,35-,36+,39?,42-,43+,44+,47?,48-/m0/s1. The third kappa shape index (κ3) is 6.83. The molecule has 2 aliphatic heterocycles. The molecule has 3 unspecified atom stereocenters. The summed E-state index contributed by atoms with van der Waals surface area (Å²) in [6.45, 7) is 2.18. The van der Waals surface area contributed by atoms with Crippen LogP contribution in [0.15, 0.2) is 121 Å². The number of alkyl carbamates (subject to hydrolysis) is 2. The quantitative estimate of drug-likeness (QED) is 0.111. The van der Waals surface area contributed by atoms with Crippen molar-refractivity contribution in [2.45, 2.75) is 68.9 Å². The van der Waals surface area contributed by atoms with Crippen molar-refractivity contribution in [1.82, 2.24) is 40.4 Å². The highest BCUT2D eigenvalue weighted by molar-refractivity contribution is 6.07. The molecule has 4 aliphatic rings. The summed E-state index contributed by atoms with van der Waals surface area (Å²) >= 11 is 0. The SMILES string of the molecule is COC(=O)N[C@@H](C(=O)N1C2C(C)C2C[C@H]1c1nc2ccc3cc(-c4ccc5c(ccc6nc([C@@H]7[C@H]8CC[C@H](C8)N7C(=O)[C@H](NC(=O)OC)c7ccccc7)[nH]c65)c4)ccc3c2[nH]1)c1ccccc1. The molecule has 4 amide bonds. The largest absolute Gasteiger partial charge is 0.453 e. The number of amides is 4. The number of rotatable bonds is 9. The van der Waals surface area contributed by atoms with Gasteiger partial charge in [-0.25, -0.2) is 19.6 Å². The number of H-pyrrole nitrogens is 2. The number of nitrogens with one attached hydrogen (secondary N) is 4. The monoisotopic (exact) mass is 906 g/mol. The summed E-state index contributed by atoms with van der Waals surface area (Å²) in [5.74, 6) is 2.13. The van der Waals surface area contributed by atoms with Crippen molar-refractivity contribution in [3.63, 3.8) is 0 Å². The van der Waals surface area contributed by atoms with Crippen LogP contribution in [0.1, 0.15) is 79.6 Å². The summed E-state index contributed by atoms with van der Waals surface area (Å²) in [5.41, 5.74) is 7.03. The molecule has 2 bridgehead atoms. The normalized spacial score (nSPS) is 23.5. The fourth-order valence-corrected chi connectivity index (χ4v) is 11.9. The average Bonchev–Trinajstić information content (AvgIpc) is 4.10. The predicted octanol–water partition coefficient (Wildman–Crippen LogP) is 9.57. The number of carbonyl (C=O) groups is 4. The Kier molecular flexibility index (Phi) is 9.96. The summed E-state index contributed by atoms with van der Waals surface area (Å²) < 4.78 is 9.87. The highest BCUT2D eigenvalue weighted by atomic mass is 16.5. The van der Waals surface area contributed by atoms with Gasteiger partial charge in [0.15, 0.2) is 0 Å². The van der Waals surface area contributed by atoms with E-state index in [2.05, 4.69) is 76.1 Å². The number of imidazole rings is 2. The van der Waals surface area contributed by atoms with Crippen LogP contribution in [0.4, 0.5) is 9.59 Å². The maximum atomic E-state index is 14.5. The summed E-state index contributed by atoms with van der Waals surface area (Å²) in [7, 11) is 2.60. The van der Waals surface area contributed by atoms with Gasteiger partial charge in [0.05, 0.1) is 48.4 Å². The van der Waals surface area contributed by atoms with Crippen molar-refractivity contribution in [2.75, 3.05) is 14.2 Å². The van der Waals surface area contributed by atoms with Crippen LogP contribution >= 0.6 is 0 Å². The Morgan fingerprint density at radius 3 is 1.72 bits per heavy atom. The molecule has 9 atom stereocenters. The molecule has 4 heterocycles. The zero-order valence-electron chi connectivity index (χ0n) is 37.8. The Bertz CT molecular complexity index is 3320. The van der Waals surface area contributed by atoms with E-state index in [4.69, 9.17) is 19.4 Å². The zero-order valence-corrected chi connectivity index (χ0v) is 37.8. The summed E-state index contributed by atoms with van der Waals surface area (Å²) in [5, 5.41) is 9.78. The molecule has 2 saturated carbocycles. The number of piperidine rings is 2. The second-order valence-electron chi connectivity index (χ2n) is 18.9. The van der Waals surface area contributed by atoms with Gasteiger partial charge in [-0.3, -0.25) is 9.59 Å². The van der Waals surface area contributed by atoms with Crippen LogP contribution in [0.5, 0.6) is 0 Å². The number of fused-ring (bicyclic) bond motifs is 9. The maximum absolute atomic E-state index is 14.5. The summed E-state index contributed by atoms with van der Waals surface area (Å²) in [6, 6.07) is 37.7. The van der Waals surface area contributed by atoms with Crippen LogP contribution in [0.2, 0.25) is 0 Å². The molecule has 342 valence electrons. The maximum Gasteiger partial charge on any atom is 0.407 e. The minimum absolute atomic E-state index is 0.0586. The number of methoxy groups -OCH3 is 2. The average molecular weight is 907 g/mol. The lowest BCUT2D eigenvalue weighted by Crippen LogP contribution is -2.47. The first-order valence-electron chi connectivity index (χ1n) is 23.5. The summed E-state index contributed by atoms with van der Waals surface area (Å²) in [6.07, 6.45) is 2.28. The molecule has 6 aromatic carbocycles. The second-order valence-corrected chi connectivity index (χ2v) is 18.9. The van der Waals surface area contributed by atoms with Crippen LogP contribution < -0.4 is 10.6 Å². The van der Waals surface area contributed by atoms with Gasteiger partial charge in [-0.05, 0) is 101 Å². The van der Waals surface area contributed by atoms with E-state index in [9.17, 15) is 19.2 Å². The molecule has 2 saturated heterocycles. The van der Waals surface area contributed by atoms with Crippen LogP contribution in [0.3, 0.4) is 0 Å². The van der Waals surface area contributed by atoms with E-state index in [1.54, 1.807) is 0 Å². The van der Waals surface area contributed by atoms with Crippen LogP contribution in [-0.4, -0.2) is 80.0 Å². The number of ether oxygens (including phenoxy) is 2. The van der Waals surface area contributed by atoms with Gasteiger partial charge in [0.2, 0.25) is 0 Å². The molecule has 2 aliphatic carbocycles. The Morgan fingerprint density at radius 2 is 1.16 bits per heavy atom. The molecule has 14 nitrogen and oxygen atoms in total. The number of carbonyl (C=O) groups excluding carboxylic acids is 4. The van der Waals surface area contributed by atoms with Gasteiger partial charge in [-0.1, -0.05) is 104 Å². The first-order chi connectivity index (χ1) is 33.2. The molecule has 4 N–H and O–H groups in total. The first-order valence-corrected chi connectivity index (χ1v) is 23.5. The van der Waals surface area contributed by atoms with Gasteiger partial charge in [0.25, 0.3) is 11.8 Å². The molecule has 0 radical (unpaired) electrons. The highest BCUT2D eigenvalue weighted by Crippen LogP contribution is 2.58. The minimum Gasteiger partial charge on any atom is -0.453 e. The Hall–Kier alpha value is -7.74. The number of likely N-dealkylation sites (tertiary alicyclic amines) is 2. The van der Waals surface area contributed by atoms with Crippen LogP contribution in [0, 0.1) is 17.8 Å². The fourth-order valence-electron chi connectivity index (χ4n) is 11.9. The van der Waals surface area contributed by atoms with E-state index in [1.807, 2.05) is 82.6 Å². The van der Waals surface area contributed by atoms with Gasteiger partial charge in [0.1, 0.15) is 23.7 Å². The first kappa shape index (κ1) is 41.7. The molecule has 14 heteroatoms. The van der Waals surface area contributed by atoms with Crippen molar-refractivity contribution in [2.24, 2.45) is 17.8 Å². The molecule has 4 fully saturated rings. The molecule has 8 aromatic rings. The predicted molar refractivity (Wildman–Crippen MR) is 257 cm³/mol. The topological polar surface area (TPSA) is 175 Å². The number of hydrogen-bond donors (Lipinski definition) is 4. The third-order valence-electron chi connectivity index (χ3n) is 15.3. The van der Waals surface area contributed by atoms with Gasteiger partial charge >= 0.3 is 12.2 Å². The number of benzene rings is 6. The van der Waals surface area contributed by atoms with E-state index < -0.39 is 24.3 Å². The van der Waals surface area contributed by atoms with Gasteiger partial charge in [-0.2, -0.15) is 0 Å². The number of aromatic nitrogens is 4. The fraction of sp³-hybridized carbons (Fsp3) is 0.296. The molecule has 2 aromatic heterocycles. The number of aromatic amines is 2. The summed E-state index contributed by atoms with van der Waals surface area (Å²) in [4.78, 5) is 75.4. The smallest absolute Gasteiger partial charge is 0.407 e. The number of nitrogens with zero attached hydrogens (tertiary/aromatic N) is 4. The van der Waals surface area contributed by atoms with Crippen molar-refractivity contribution >= 4 is 67.6 Å². The molecule has 0 spiro atoms. The Labute approximate surface area is 391 Å². The van der Waals surface area contributed by atoms with Gasteiger partial charge in [-0.15, -0.1) is 0 Å². The third-order valence-corrected chi connectivity index (χ3v) is 15.3. The molecule has 68 heavy (non-hydrogen) atoms. The van der Waals surface area contributed by atoms with Crippen molar-refractivity contribution in [3.8, 4) is 11.1 Å². The minimum atomic E-state index is -0.896. The van der Waals surface area contributed by atoms with Gasteiger partial charge in [0, 0.05) is 22.9 Å². The highest BCUT2D eigenvalue weighted by Gasteiger charge is 2.61. The Balaban J connectivity index is 0.829. The number of hydrogen-bond acceptors (Lipinski definition) is 8. The van der Waals surface area contributed by atoms with E-state index in [-0.39, 0.29) is 41.9 Å². The lowest BCUT2D eigenvalue weighted by molar-refractivity contribution is -0.138. The van der Waals surface area contributed by atoms with E-state index >= 15 is 0 Å². The van der Waals surface area contributed by atoms with Crippen LogP contribution in [0.25, 0.3) is 54.7 Å². The van der Waals surface area contributed by atoms with E-state index in [1.165, 1.54) is 14.2 Å². The van der Waals surface area contributed by atoms with Crippen molar-refractivity contribution in [1.29, 1.82) is 0 Å². The molecule has 12 rings (SSSR count).